The Morgan fingerprint density at radius 3 is 2.56 bits per heavy atom. The zero-order valence-corrected chi connectivity index (χ0v) is 14.4. The lowest BCUT2D eigenvalue weighted by Gasteiger charge is -2.31. The molecule has 1 aromatic carbocycles. The number of hydrogen-bond acceptors (Lipinski definition) is 4. The molecular formula is C19H23N3O3. The van der Waals surface area contributed by atoms with E-state index < -0.39 is 0 Å². The van der Waals surface area contributed by atoms with Crippen molar-refractivity contribution in [1.82, 2.24) is 14.8 Å². The lowest BCUT2D eigenvalue weighted by molar-refractivity contribution is 0.0332. The number of morpholine rings is 1. The van der Waals surface area contributed by atoms with E-state index in [0.29, 0.717) is 5.56 Å². The molecule has 2 heterocycles. The first-order valence-corrected chi connectivity index (χ1v) is 8.46. The van der Waals surface area contributed by atoms with Crippen molar-refractivity contribution in [3.05, 3.63) is 70.1 Å². The van der Waals surface area contributed by atoms with Gasteiger partial charge in [0.15, 0.2) is 0 Å². The number of rotatable bonds is 5. The van der Waals surface area contributed by atoms with Crippen molar-refractivity contribution < 1.29 is 9.53 Å². The van der Waals surface area contributed by atoms with Gasteiger partial charge in [-0.2, -0.15) is 0 Å². The molecule has 0 spiro atoms. The van der Waals surface area contributed by atoms with E-state index in [9.17, 15) is 9.59 Å². The van der Waals surface area contributed by atoms with Crippen LogP contribution in [0.2, 0.25) is 0 Å². The van der Waals surface area contributed by atoms with Crippen LogP contribution in [0.15, 0.2) is 53.5 Å². The van der Waals surface area contributed by atoms with Crippen molar-refractivity contribution in [1.29, 1.82) is 0 Å². The van der Waals surface area contributed by atoms with Gasteiger partial charge in [-0.25, -0.2) is 0 Å². The molecule has 1 atom stereocenters. The minimum Gasteiger partial charge on any atom is -0.379 e. The normalized spacial score (nSPS) is 16.4. The summed E-state index contributed by atoms with van der Waals surface area (Å²) in [4.78, 5) is 26.5. The van der Waals surface area contributed by atoms with Gasteiger partial charge in [-0.3, -0.25) is 14.5 Å². The van der Waals surface area contributed by atoms with Crippen LogP contribution in [0, 0.1) is 0 Å². The first kappa shape index (κ1) is 17.4. The zero-order valence-electron chi connectivity index (χ0n) is 14.4. The topological polar surface area (TPSA) is 63.6 Å². The molecule has 1 saturated heterocycles. The summed E-state index contributed by atoms with van der Waals surface area (Å²) < 4.78 is 6.81. The molecule has 1 amide bonds. The number of hydrogen-bond donors (Lipinski definition) is 1. The highest BCUT2D eigenvalue weighted by Crippen LogP contribution is 2.16. The predicted octanol–water partition coefficient (Wildman–Crippen LogP) is 1.19. The standard InChI is InChI=1S/C19H23N3O3/c1-21-13-16(7-8-18(21)23)19(24)20-17(15-5-3-2-4-6-15)14-22-9-11-25-12-10-22/h2-8,13,17H,9-12,14H2,1H3,(H,20,24)/t17-/m0/s1. The summed E-state index contributed by atoms with van der Waals surface area (Å²) in [7, 11) is 1.64. The van der Waals surface area contributed by atoms with Gasteiger partial charge in [-0.1, -0.05) is 30.3 Å². The van der Waals surface area contributed by atoms with Crippen LogP contribution < -0.4 is 10.9 Å². The van der Waals surface area contributed by atoms with E-state index in [2.05, 4.69) is 10.2 Å². The minimum atomic E-state index is -0.183. The van der Waals surface area contributed by atoms with Crippen molar-refractivity contribution in [3.63, 3.8) is 0 Å². The fraction of sp³-hybridized carbons (Fsp3) is 0.368. The lowest BCUT2D eigenvalue weighted by atomic mass is 10.1. The number of ether oxygens (including phenoxy) is 1. The zero-order chi connectivity index (χ0) is 17.6. The first-order chi connectivity index (χ1) is 12.1. The Hall–Kier alpha value is -2.44. The number of benzene rings is 1. The molecule has 1 aromatic heterocycles. The van der Waals surface area contributed by atoms with Crippen LogP contribution in [0.3, 0.4) is 0 Å². The maximum absolute atomic E-state index is 12.7. The fourth-order valence-corrected chi connectivity index (χ4v) is 2.93. The number of nitrogens with one attached hydrogen (secondary N) is 1. The van der Waals surface area contributed by atoms with Gasteiger partial charge in [0, 0.05) is 38.9 Å². The Balaban J connectivity index is 1.77. The highest BCUT2D eigenvalue weighted by atomic mass is 16.5. The van der Waals surface area contributed by atoms with E-state index in [0.717, 1.165) is 38.4 Å². The van der Waals surface area contributed by atoms with Gasteiger partial charge in [-0.15, -0.1) is 0 Å². The van der Waals surface area contributed by atoms with E-state index >= 15 is 0 Å². The highest BCUT2D eigenvalue weighted by molar-refractivity contribution is 5.94. The third-order valence-corrected chi connectivity index (χ3v) is 4.40. The van der Waals surface area contributed by atoms with E-state index in [1.807, 2.05) is 30.3 Å². The maximum Gasteiger partial charge on any atom is 0.253 e. The molecular weight excluding hydrogens is 318 g/mol. The summed E-state index contributed by atoms with van der Waals surface area (Å²) >= 11 is 0. The molecule has 132 valence electrons. The van der Waals surface area contributed by atoms with E-state index in [4.69, 9.17) is 4.74 Å². The summed E-state index contributed by atoms with van der Waals surface area (Å²) in [5.74, 6) is -0.183. The summed E-state index contributed by atoms with van der Waals surface area (Å²) in [6, 6.07) is 12.8. The molecule has 6 nitrogen and oxygen atoms in total. The second-order valence-electron chi connectivity index (χ2n) is 6.22. The SMILES string of the molecule is Cn1cc(C(=O)N[C@@H](CN2CCOCC2)c2ccccc2)ccc1=O. The maximum atomic E-state index is 12.7. The van der Waals surface area contributed by atoms with Crippen molar-refractivity contribution in [2.45, 2.75) is 6.04 Å². The van der Waals surface area contributed by atoms with Gasteiger partial charge in [0.1, 0.15) is 0 Å². The van der Waals surface area contributed by atoms with Crippen LogP contribution in [-0.2, 0) is 11.8 Å². The number of amides is 1. The fourth-order valence-electron chi connectivity index (χ4n) is 2.93. The lowest BCUT2D eigenvalue weighted by Crippen LogP contribution is -2.43. The van der Waals surface area contributed by atoms with Crippen molar-refractivity contribution >= 4 is 5.91 Å². The Kier molecular flexibility index (Phi) is 5.63. The Labute approximate surface area is 147 Å². The number of pyridine rings is 1. The number of nitrogens with zero attached hydrogens (tertiary/aromatic N) is 2. The van der Waals surface area contributed by atoms with Gasteiger partial charge in [-0.05, 0) is 11.6 Å². The van der Waals surface area contributed by atoms with Gasteiger partial charge >= 0.3 is 0 Å². The molecule has 0 bridgehead atoms. The summed E-state index contributed by atoms with van der Waals surface area (Å²) in [5.41, 5.74) is 1.40. The molecule has 1 N–H and O–H groups in total. The molecule has 6 heteroatoms. The number of carbonyl (C=O) groups is 1. The monoisotopic (exact) mass is 341 g/mol. The Morgan fingerprint density at radius 2 is 1.88 bits per heavy atom. The van der Waals surface area contributed by atoms with Crippen LogP contribution in [0.4, 0.5) is 0 Å². The first-order valence-electron chi connectivity index (χ1n) is 8.46. The van der Waals surface area contributed by atoms with E-state index in [1.54, 1.807) is 19.3 Å². The van der Waals surface area contributed by atoms with Gasteiger partial charge in [0.2, 0.25) is 5.56 Å². The molecule has 1 aliphatic rings. The number of carbonyl (C=O) groups excluding carboxylic acids is 1. The van der Waals surface area contributed by atoms with E-state index in [1.165, 1.54) is 10.6 Å². The smallest absolute Gasteiger partial charge is 0.253 e. The van der Waals surface area contributed by atoms with Crippen LogP contribution in [0.1, 0.15) is 22.0 Å². The third-order valence-electron chi connectivity index (χ3n) is 4.40. The largest absolute Gasteiger partial charge is 0.379 e. The summed E-state index contributed by atoms with van der Waals surface area (Å²) in [6.45, 7) is 3.88. The molecule has 0 unspecified atom stereocenters. The molecule has 2 aromatic rings. The summed E-state index contributed by atoms with van der Waals surface area (Å²) in [5, 5.41) is 3.11. The molecule has 1 fully saturated rings. The average molecular weight is 341 g/mol. The molecule has 0 saturated carbocycles. The molecule has 25 heavy (non-hydrogen) atoms. The second kappa shape index (κ2) is 8.09. The van der Waals surface area contributed by atoms with Crippen molar-refractivity contribution in [3.8, 4) is 0 Å². The minimum absolute atomic E-state index is 0.121. The average Bonchev–Trinajstić information content (AvgIpc) is 2.65. The van der Waals surface area contributed by atoms with Crippen molar-refractivity contribution in [2.24, 2.45) is 7.05 Å². The second-order valence-corrected chi connectivity index (χ2v) is 6.22. The Morgan fingerprint density at radius 1 is 1.16 bits per heavy atom. The number of aromatic nitrogens is 1. The highest BCUT2D eigenvalue weighted by Gasteiger charge is 2.20. The van der Waals surface area contributed by atoms with Gasteiger partial charge < -0.3 is 14.6 Å². The Bertz CT molecular complexity index is 767. The quantitative estimate of drug-likeness (QED) is 0.887. The van der Waals surface area contributed by atoms with Crippen LogP contribution in [0.5, 0.6) is 0 Å². The summed E-state index contributed by atoms with van der Waals surface area (Å²) in [6.07, 6.45) is 1.56. The molecule has 3 rings (SSSR count). The van der Waals surface area contributed by atoms with E-state index in [-0.39, 0.29) is 17.5 Å². The predicted molar refractivity (Wildman–Crippen MR) is 95.6 cm³/mol. The van der Waals surface area contributed by atoms with Crippen LogP contribution in [-0.4, -0.2) is 48.2 Å². The number of aryl methyl sites for hydroxylation is 1. The van der Waals surface area contributed by atoms with Gasteiger partial charge in [0.25, 0.3) is 5.91 Å². The third kappa shape index (κ3) is 4.55. The van der Waals surface area contributed by atoms with Crippen LogP contribution in [0.25, 0.3) is 0 Å². The van der Waals surface area contributed by atoms with Gasteiger partial charge in [0.05, 0.1) is 24.8 Å². The molecule has 0 aliphatic carbocycles. The molecule has 0 radical (unpaired) electrons. The van der Waals surface area contributed by atoms with Crippen molar-refractivity contribution in [2.75, 3.05) is 32.8 Å². The molecule has 1 aliphatic heterocycles. The van der Waals surface area contributed by atoms with Crippen LogP contribution >= 0.6 is 0 Å².